The second-order valence-corrected chi connectivity index (χ2v) is 9.59. The topological polar surface area (TPSA) is 150 Å². The second kappa shape index (κ2) is 12.4. The first-order chi connectivity index (χ1) is 16.5. The summed E-state index contributed by atoms with van der Waals surface area (Å²) in [5, 5.41) is 13.9. The molecule has 0 bridgehead atoms. The summed E-state index contributed by atoms with van der Waals surface area (Å²) < 4.78 is 23.2. The number of nitrogens with two attached hydrogens (primary N) is 1. The van der Waals surface area contributed by atoms with Crippen LogP contribution in [0.15, 0.2) is 53.4 Å². The molecule has 2 aromatic carbocycles. The quantitative estimate of drug-likeness (QED) is 0.315. The summed E-state index contributed by atoms with van der Waals surface area (Å²) in [5.74, 6) is -1.47. The van der Waals surface area contributed by atoms with Crippen molar-refractivity contribution in [2.24, 2.45) is 5.14 Å². The lowest BCUT2D eigenvalue weighted by molar-refractivity contribution is -0.132. The highest BCUT2D eigenvalue weighted by molar-refractivity contribution is 7.89. The maximum atomic E-state index is 13.0. The van der Waals surface area contributed by atoms with Crippen LogP contribution in [0.25, 0.3) is 0 Å². The molecule has 0 saturated heterocycles. The largest absolute Gasteiger partial charge is 0.343 e. The predicted octanol–water partition coefficient (Wildman–Crippen LogP) is 2.12. The van der Waals surface area contributed by atoms with E-state index in [1.54, 1.807) is 4.90 Å². The number of carbonyl (C=O) groups is 3. The monoisotopic (exact) mass is 504 g/mol. The minimum atomic E-state index is -3.90. The zero-order chi connectivity index (χ0) is 26.2. The van der Waals surface area contributed by atoms with Gasteiger partial charge in [-0.25, -0.2) is 19.0 Å². The number of sulfonamides is 1. The molecule has 190 valence electrons. The molecule has 0 aromatic heterocycles. The van der Waals surface area contributed by atoms with Gasteiger partial charge in [0.2, 0.25) is 27.7 Å². The molecule has 2 aromatic rings. The zero-order valence-corrected chi connectivity index (χ0v) is 20.9. The summed E-state index contributed by atoms with van der Waals surface area (Å²) in [6.45, 7) is 7.02. The van der Waals surface area contributed by atoms with Gasteiger partial charge in [-0.2, -0.15) is 0 Å². The molecule has 1 atom stereocenters. The van der Waals surface area contributed by atoms with Crippen LogP contribution in [0.5, 0.6) is 0 Å². The van der Waals surface area contributed by atoms with E-state index in [1.807, 2.05) is 45.0 Å². The van der Waals surface area contributed by atoms with Crippen molar-refractivity contribution in [2.45, 2.75) is 51.0 Å². The Morgan fingerprint density at radius 1 is 1.03 bits per heavy atom. The van der Waals surface area contributed by atoms with Crippen LogP contribution < -0.4 is 15.5 Å². The summed E-state index contributed by atoms with van der Waals surface area (Å²) in [4.78, 5) is 40.3. The average Bonchev–Trinajstić information content (AvgIpc) is 2.85. The molecule has 35 heavy (non-hydrogen) atoms. The minimum absolute atomic E-state index is 0.00804. The molecule has 2 rings (SSSR count). The van der Waals surface area contributed by atoms with Crippen LogP contribution in [0.3, 0.4) is 0 Å². The fraction of sp³-hybridized carbons (Fsp3) is 0.375. The Labute approximate surface area is 205 Å². The Kier molecular flexibility index (Phi) is 9.93. The lowest BCUT2D eigenvalue weighted by atomic mass is 9.97. The third-order valence-electron chi connectivity index (χ3n) is 5.71. The van der Waals surface area contributed by atoms with Crippen LogP contribution in [0.1, 0.15) is 50.7 Å². The number of nitrogens with zero attached hydrogens (tertiary/aromatic N) is 2. The molecule has 0 heterocycles. The van der Waals surface area contributed by atoms with Gasteiger partial charge in [-0.05, 0) is 56.2 Å². The third-order valence-corrected chi connectivity index (χ3v) is 6.64. The normalized spacial score (nSPS) is 12.0. The van der Waals surface area contributed by atoms with E-state index in [1.165, 1.54) is 34.6 Å². The maximum Gasteiger partial charge on any atom is 0.243 e. The minimum Gasteiger partial charge on any atom is -0.343 e. The molecule has 0 fully saturated rings. The Balaban J connectivity index is 2.36. The van der Waals surface area contributed by atoms with Gasteiger partial charge in [-0.3, -0.25) is 19.6 Å². The maximum absolute atomic E-state index is 13.0. The fourth-order valence-electron chi connectivity index (χ4n) is 3.65. The summed E-state index contributed by atoms with van der Waals surface area (Å²) in [5.41, 5.74) is 3.45. The molecule has 0 aliphatic rings. The van der Waals surface area contributed by atoms with Crippen LogP contribution in [0.4, 0.5) is 5.69 Å². The molecule has 10 nitrogen and oxygen atoms in total. The van der Waals surface area contributed by atoms with Crippen LogP contribution in [0, 0.1) is 0 Å². The van der Waals surface area contributed by atoms with Crippen LogP contribution >= 0.6 is 0 Å². The van der Waals surface area contributed by atoms with Gasteiger partial charge in [-0.15, -0.1) is 0 Å². The van der Waals surface area contributed by atoms with Crippen LogP contribution in [0.2, 0.25) is 0 Å². The SMILES string of the molecule is CCN(CC)C(=O)C(C)c1cccc(CN(C(=O)CCC(=O)NO)c2ccc(S(N)(=O)=O)cc2)c1. The molecule has 11 heteroatoms. The number of carbonyl (C=O) groups excluding carboxylic acids is 3. The van der Waals surface area contributed by atoms with Crippen molar-refractivity contribution in [3.05, 3.63) is 59.7 Å². The summed E-state index contributed by atoms with van der Waals surface area (Å²) in [6.07, 6.45) is -0.406. The number of amides is 3. The zero-order valence-electron chi connectivity index (χ0n) is 20.1. The molecule has 0 aliphatic carbocycles. The second-order valence-electron chi connectivity index (χ2n) is 8.03. The Hall–Kier alpha value is -3.28. The summed E-state index contributed by atoms with van der Waals surface area (Å²) >= 11 is 0. The molecule has 0 radical (unpaired) electrons. The molecule has 0 spiro atoms. The van der Waals surface area contributed by atoms with E-state index < -0.39 is 21.8 Å². The number of primary sulfonamides is 1. The van der Waals surface area contributed by atoms with Gasteiger partial charge in [0.05, 0.1) is 17.4 Å². The highest BCUT2D eigenvalue weighted by Crippen LogP contribution is 2.24. The van der Waals surface area contributed by atoms with E-state index in [0.717, 1.165) is 11.1 Å². The molecular formula is C24H32N4O6S. The number of benzene rings is 2. The fourth-order valence-corrected chi connectivity index (χ4v) is 4.16. The Morgan fingerprint density at radius 3 is 2.20 bits per heavy atom. The summed E-state index contributed by atoms with van der Waals surface area (Å²) in [7, 11) is -3.90. The number of rotatable bonds is 11. The van der Waals surface area contributed by atoms with E-state index in [9.17, 15) is 22.8 Å². The van der Waals surface area contributed by atoms with Crippen LogP contribution in [-0.2, 0) is 31.0 Å². The first-order valence-electron chi connectivity index (χ1n) is 11.3. The van der Waals surface area contributed by atoms with Gasteiger partial charge < -0.3 is 9.80 Å². The van der Waals surface area contributed by atoms with E-state index in [-0.39, 0.29) is 36.1 Å². The number of nitrogens with one attached hydrogen (secondary N) is 1. The Bertz CT molecular complexity index is 1150. The molecule has 3 amide bonds. The highest BCUT2D eigenvalue weighted by atomic mass is 32.2. The predicted molar refractivity (Wildman–Crippen MR) is 131 cm³/mol. The van der Waals surface area contributed by atoms with Gasteiger partial charge in [0.1, 0.15) is 0 Å². The van der Waals surface area contributed by atoms with Crippen molar-refractivity contribution in [3.63, 3.8) is 0 Å². The number of anilines is 1. The van der Waals surface area contributed by atoms with E-state index in [0.29, 0.717) is 18.8 Å². The molecule has 0 saturated carbocycles. The highest BCUT2D eigenvalue weighted by Gasteiger charge is 2.22. The van der Waals surface area contributed by atoms with Crippen molar-refractivity contribution >= 4 is 33.4 Å². The van der Waals surface area contributed by atoms with Crippen molar-refractivity contribution < 1.29 is 28.0 Å². The third kappa shape index (κ3) is 7.61. The molecule has 0 aliphatic heterocycles. The standard InChI is InChI=1S/C24H32N4O6S/c1-4-27(5-2)24(31)17(3)19-8-6-7-18(15-19)16-28(23(30)14-13-22(29)26-32)20-9-11-21(12-10-20)35(25,33)34/h6-12,15,17,32H,4-5,13-14,16H2,1-3H3,(H,26,29)(H2,25,33,34). The first kappa shape index (κ1) is 28.0. The summed E-state index contributed by atoms with van der Waals surface area (Å²) in [6, 6.07) is 12.8. The molecule has 4 N–H and O–H groups in total. The van der Waals surface area contributed by atoms with Gasteiger partial charge in [0.15, 0.2) is 0 Å². The average molecular weight is 505 g/mol. The van der Waals surface area contributed by atoms with Gasteiger partial charge in [-0.1, -0.05) is 24.3 Å². The number of hydrogen-bond acceptors (Lipinski definition) is 6. The van der Waals surface area contributed by atoms with Gasteiger partial charge >= 0.3 is 0 Å². The van der Waals surface area contributed by atoms with E-state index in [2.05, 4.69) is 0 Å². The number of hydrogen-bond donors (Lipinski definition) is 3. The molecular weight excluding hydrogens is 472 g/mol. The number of likely N-dealkylation sites (N-methyl/N-ethyl adjacent to an activating group) is 1. The van der Waals surface area contributed by atoms with Crippen LogP contribution in [-0.4, -0.2) is 49.3 Å². The smallest absolute Gasteiger partial charge is 0.243 e. The van der Waals surface area contributed by atoms with Crippen molar-refractivity contribution in [3.8, 4) is 0 Å². The van der Waals surface area contributed by atoms with Crippen molar-refractivity contribution in [1.29, 1.82) is 0 Å². The Morgan fingerprint density at radius 2 is 1.66 bits per heavy atom. The first-order valence-corrected chi connectivity index (χ1v) is 12.8. The lowest BCUT2D eigenvalue weighted by Gasteiger charge is -2.25. The molecule has 1 unspecified atom stereocenters. The number of hydroxylamine groups is 1. The van der Waals surface area contributed by atoms with Crippen molar-refractivity contribution in [2.75, 3.05) is 18.0 Å². The van der Waals surface area contributed by atoms with E-state index in [4.69, 9.17) is 10.3 Å². The van der Waals surface area contributed by atoms with E-state index >= 15 is 0 Å². The lowest BCUT2D eigenvalue weighted by Crippen LogP contribution is -2.34. The van der Waals surface area contributed by atoms with Gasteiger partial charge in [0, 0.05) is 31.6 Å². The van der Waals surface area contributed by atoms with Gasteiger partial charge in [0.25, 0.3) is 0 Å². The van der Waals surface area contributed by atoms with Crippen molar-refractivity contribution in [1.82, 2.24) is 10.4 Å².